The van der Waals surface area contributed by atoms with Gasteiger partial charge in [0, 0.05) is 11.6 Å². The third-order valence-corrected chi connectivity index (χ3v) is 7.77. The Morgan fingerprint density at radius 1 is 1.00 bits per heavy atom. The van der Waals surface area contributed by atoms with Crippen molar-refractivity contribution in [2.45, 2.75) is 68.8 Å². The van der Waals surface area contributed by atoms with Gasteiger partial charge in [0.1, 0.15) is 0 Å². The number of amides is 1. The molecule has 2 aliphatic rings. The van der Waals surface area contributed by atoms with E-state index in [1.54, 1.807) is 19.1 Å². The summed E-state index contributed by atoms with van der Waals surface area (Å²) in [6.07, 6.45) is 6.83. The number of sulfonamides is 1. The predicted octanol–water partition coefficient (Wildman–Crippen LogP) is 4.02. The molecular formula is C23H28N2O3S. The average molecular weight is 413 g/mol. The number of carbonyl (C=O) groups is 1. The quantitative estimate of drug-likeness (QED) is 0.779. The molecule has 1 unspecified atom stereocenters. The molecule has 1 atom stereocenters. The van der Waals surface area contributed by atoms with Crippen LogP contribution in [0.15, 0.2) is 47.4 Å². The summed E-state index contributed by atoms with van der Waals surface area (Å²) in [6.45, 7) is 1.77. The molecule has 0 radical (unpaired) electrons. The third kappa shape index (κ3) is 4.38. The van der Waals surface area contributed by atoms with E-state index in [4.69, 9.17) is 0 Å². The Morgan fingerprint density at radius 2 is 1.76 bits per heavy atom. The summed E-state index contributed by atoms with van der Waals surface area (Å²) in [4.78, 5) is 13.1. The van der Waals surface area contributed by atoms with Crippen molar-refractivity contribution in [1.82, 2.24) is 10.0 Å². The Kier molecular flexibility index (Phi) is 5.74. The molecule has 0 aliphatic heterocycles. The highest BCUT2D eigenvalue weighted by atomic mass is 32.2. The molecule has 6 heteroatoms. The smallest absolute Gasteiger partial charge is 0.251 e. The fraction of sp³-hybridized carbons (Fsp3) is 0.435. The van der Waals surface area contributed by atoms with Gasteiger partial charge in [0.2, 0.25) is 10.0 Å². The first-order valence-electron chi connectivity index (χ1n) is 10.5. The van der Waals surface area contributed by atoms with Crippen LogP contribution in [0.1, 0.15) is 71.6 Å². The first-order valence-corrected chi connectivity index (χ1v) is 11.9. The molecule has 0 aromatic heterocycles. The van der Waals surface area contributed by atoms with Crippen LogP contribution in [-0.4, -0.2) is 20.4 Å². The Hall–Kier alpha value is -2.18. The zero-order valence-corrected chi connectivity index (χ0v) is 17.6. The van der Waals surface area contributed by atoms with Crippen molar-refractivity contribution in [2.75, 3.05) is 0 Å². The number of nitrogens with one attached hydrogen (secondary N) is 2. The predicted molar refractivity (Wildman–Crippen MR) is 113 cm³/mol. The number of hydrogen-bond donors (Lipinski definition) is 2. The van der Waals surface area contributed by atoms with Crippen LogP contribution in [0.2, 0.25) is 0 Å². The van der Waals surface area contributed by atoms with Crippen LogP contribution >= 0.6 is 0 Å². The lowest BCUT2D eigenvalue weighted by Crippen LogP contribution is -2.36. The van der Waals surface area contributed by atoms with Gasteiger partial charge >= 0.3 is 0 Å². The SMILES string of the molecule is Cc1ccc(C(=O)NC2CCc3ccccc32)cc1S(=O)(=O)NC1CCCCC1. The van der Waals surface area contributed by atoms with Crippen molar-refractivity contribution < 1.29 is 13.2 Å². The molecule has 5 nitrogen and oxygen atoms in total. The Morgan fingerprint density at radius 3 is 2.55 bits per heavy atom. The minimum absolute atomic E-state index is 0.0133. The number of benzene rings is 2. The second-order valence-corrected chi connectivity index (χ2v) is 9.88. The molecule has 2 aromatic rings. The van der Waals surface area contributed by atoms with Gasteiger partial charge in [-0.1, -0.05) is 49.6 Å². The fourth-order valence-corrected chi connectivity index (χ4v) is 6.06. The Labute approximate surface area is 173 Å². The molecular weight excluding hydrogens is 384 g/mol. The van der Waals surface area contributed by atoms with Gasteiger partial charge in [-0.15, -0.1) is 0 Å². The Balaban J connectivity index is 1.52. The van der Waals surface area contributed by atoms with Gasteiger partial charge in [0.05, 0.1) is 10.9 Å². The number of carbonyl (C=O) groups excluding carboxylic acids is 1. The molecule has 0 bridgehead atoms. The van der Waals surface area contributed by atoms with Crippen LogP contribution in [0.3, 0.4) is 0 Å². The molecule has 1 amide bonds. The molecule has 2 N–H and O–H groups in total. The van der Waals surface area contributed by atoms with Crippen molar-refractivity contribution >= 4 is 15.9 Å². The zero-order valence-electron chi connectivity index (χ0n) is 16.8. The van der Waals surface area contributed by atoms with Crippen LogP contribution in [0, 0.1) is 6.92 Å². The molecule has 0 spiro atoms. The van der Waals surface area contributed by atoms with Crippen molar-refractivity contribution in [1.29, 1.82) is 0 Å². The maximum Gasteiger partial charge on any atom is 0.251 e. The number of rotatable bonds is 5. The average Bonchev–Trinajstić information content (AvgIpc) is 3.11. The largest absolute Gasteiger partial charge is 0.345 e. The van der Waals surface area contributed by atoms with Gasteiger partial charge in [-0.2, -0.15) is 0 Å². The lowest BCUT2D eigenvalue weighted by atomic mass is 9.96. The highest BCUT2D eigenvalue weighted by molar-refractivity contribution is 7.89. The molecule has 1 fully saturated rings. The molecule has 2 aliphatic carbocycles. The van der Waals surface area contributed by atoms with Crippen molar-refractivity contribution in [2.24, 2.45) is 0 Å². The summed E-state index contributed by atoms with van der Waals surface area (Å²) in [5, 5.41) is 3.08. The summed E-state index contributed by atoms with van der Waals surface area (Å²) in [6, 6.07) is 13.0. The van der Waals surface area contributed by atoms with E-state index >= 15 is 0 Å². The molecule has 2 aromatic carbocycles. The van der Waals surface area contributed by atoms with E-state index in [2.05, 4.69) is 16.1 Å². The van der Waals surface area contributed by atoms with Gasteiger partial charge in [0.25, 0.3) is 5.91 Å². The third-order valence-electron chi connectivity index (χ3n) is 6.11. The minimum Gasteiger partial charge on any atom is -0.345 e. The van der Waals surface area contributed by atoms with E-state index in [9.17, 15) is 13.2 Å². The van der Waals surface area contributed by atoms with Gasteiger partial charge in [-0.3, -0.25) is 4.79 Å². The maximum absolute atomic E-state index is 13.0. The highest BCUT2D eigenvalue weighted by Gasteiger charge is 2.26. The van der Waals surface area contributed by atoms with E-state index in [1.165, 1.54) is 11.6 Å². The van der Waals surface area contributed by atoms with E-state index < -0.39 is 10.0 Å². The van der Waals surface area contributed by atoms with E-state index in [0.717, 1.165) is 50.5 Å². The van der Waals surface area contributed by atoms with Crippen LogP contribution in [-0.2, 0) is 16.4 Å². The summed E-state index contributed by atoms with van der Waals surface area (Å²) in [5.41, 5.74) is 3.45. The zero-order chi connectivity index (χ0) is 20.4. The van der Waals surface area contributed by atoms with E-state index in [0.29, 0.717) is 11.1 Å². The lowest BCUT2D eigenvalue weighted by molar-refractivity contribution is 0.0936. The molecule has 0 heterocycles. The van der Waals surface area contributed by atoms with Crippen LogP contribution < -0.4 is 10.0 Å². The van der Waals surface area contributed by atoms with Crippen LogP contribution in [0.4, 0.5) is 0 Å². The summed E-state index contributed by atoms with van der Waals surface area (Å²) in [7, 11) is -3.65. The number of fused-ring (bicyclic) bond motifs is 1. The summed E-state index contributed by atoms with van der Waals surface area (Å²) < 4.78 is 28.8. The normalized spacial score (nSPS) is 19.7. The maximum atomic E-state index is 13.0. The topological polar surface area (TPSA) is 75.3 Å². The van der Waals surface area contributed by atoms with Gasteiger partial charge < -0.3 is 5.32 Å². The lowest BCUT2D eigenvalue weighted by Gasteiger charge is -2.23. The molecule has 29 heavy (non-hydrogen) atoms. The van der Waals surface area contributed by atoms with E-state index in [-0.39, 0.29) is 22.9 Å². The highest BCUT2D eigenvalue weighted by Crippen LogP contribution is 2.31. The van der Waals surface area contributed by atoms with Gasteiger partial charge in [-0.25, -0.2) is 13.1 Å². The van der Waals surface area contributed by atoms with Crippen molar-refractivity contribution in [3.63, 3.8) is 0 Å². The fourth-order valence-electron chi connectivity index (χ4n) is 4.48. The van der Waals surface area contributed by atoms with Crippen LogP contribution in [0.25, 0.3) is 0 Å². The standard InChI is InChI=1S/C23H28N2O3S/c1-16-11-12-18(15-22(16)29(27,28)25-19-8-3-2-4-9-19)23(26)24-21-14-13-17-7-5-6-10-20(17)21/h5-7,10-12,15,19,21,25H,2-4,8-9,13-14H2,1H3,(H,24,26). The first-order chi connectivity index (χ1) is 13.9. The Bertz CT molecular complexity index is 1010. The second-order valence-electron chi connectivity index (χ2n) is 8.20. The van der Waals surface area contributed by atoms with E-state index in [1.807, 2.05) is 18.2 Å². The summed E-state index contributed by atoms with van der Waals surface area (Å²) >= 11 is 0. The molecule has 154 valence electrons. The molecule has 0 saturated heterocycles. The second kappa shape index (κ2) is 8.28. The number of aryl methyl sites for hydroxylation is 2. The van der Waals surface area contributed by atoms with Crippen molar-refractivity contribution in [3.05, 3.63) is 64.7 Å². The number of hydrogen-bond acceptors (Lipinski definition) is 3. The van der Waals surface area contributed by atoms with Gasteiger partial charge in [0.15, 0.2) is 0 Å². The monoisotopic (exact) mass is 412 g/mol. The molecule has 4 rings (SSSR count). The van der Waals surface area contributed by atoms with Crippen LogP contribution in [0.5, 0.6) is 0 Å². The first kappa shape index (κ1) is 20.1. The molecule has 1 saturated carbocycles. The summed E-state index contributed by atoms with van der Waals surface area (Å²) in [5.74, 6) is -0.235. The minimum atomic E-state index is -3.65. The van der Waals surface area contributed by atoms with Crippen molar-refractivity contribution in [3.8, 4) is 0 Å². The van der Waals surface area contributed by atoms with Gasteiger partial charge in [-0.05, 0) is 61.4 Å².